The summed E-state index contributed by atoms with van der Waals surface area (Å²) >= 11 is 0. The second-order valence-electron chi connectivity index (χ2n) is 14.2. The van der Waals surface area contributed by atoms with Gasteiger partial charge < -0.3 is 30.6 Å². The number of carbonyl (C=O) groups is 2. The summed E-state index contributed by atoms with van der Waals surface area (Å²) in [6.07, 6.45) is 14.4. The number of terminal acetylenes is 1. The number of nitrogens with zero attached hydrogens (tertiary/aromatic N) is 3. The zero-order valence-electron chi connectivity index (χ0n) is 31.0. The lowest BCUT2D eigenvalue weighted by molar-refractivity contribution is -0.174. The van der Waals surface area contributed by atoms with E-state index >= 15 is 0 Å². The number of methoxy groups -OCH3 is 1. The molecule has 2 heterocycles. The fourth-order valence-corrected chi connectivity index (χ4v) is 7.15. The van der Waals surface area contributed by atoms with E-state index in [2.05, 4.69) is 40.6 Å². The number of Topliss-reactive ketones (excluding diaryl/α,β-unsaturated/α-hetero) is 1. The third-order valence-electron chi connectivity index (χ3n) is 10.3. The van der Waals surface area contributed by atoms with E-state index in [-0.39, 0.29) is 17.7 Å². The van der Waals surface area contributed by atoms with Gasteiger partial charge in [0.1, 0.15) is 29.6 Å². The molecule has 2 aromatic rings. The minimum atomic E-state index is -1.17. The Morgan fingerprint density at radius 1 is 1.28 bits per heavy atom. The topological polar surface area (TPSA) is 143 Å². The smallest absolute Gasteiger partial charge is 0.316 e. The quantitative estimate of drug-likeness (QED) is 0.0545. The van der Waals surface area contributed by atoms with Crippen LogP contribution in [-0.2, 0) is 30.3 Å². The Bertz CT molecular complexity index is 1460. The highest BCUT2D eigenvalue weighted by molar-refractivity contribution is 6.15. The van der Waals surface area contributed by atoms with Crippen LogP contribution < -0.4 is 16.4 Å². The van der Waals surface area contributed by atoms with Crippen molar-refractivity contribution >= 4 is 25.3 Å². The van der Waals surface area contributed by atoms with Gasteiger partial charge in [0.05, 0.1) is 25.7 Å². The van der Waals surface area contributed by atoms with Gasteiger partial charge in [-0.2, -0.15) is 0 Å². The lowest BCUT2D eigenvalue weighted by atomic mass is 9.62. The number of esters is 1. The van der Waals surface area contributed by atoms with Crippen LogP contribution in [0.4, 0.5) is 5.69 Å². The van der Waals surface area contributed by atoms with E-state index in [4.69, 9.17) is 34.2 Å². The highest BCUT2D eigenvalue weighted by Crippen LogP contribution is 2.38. The number of aromatic nitrogens is 3. The Kier molecular flexibility index (Phi) is 15.1. The predicted octanol–water partition coefficient (Wildman–Crippen LogP) is 4.73. The lowest BCUT2D eigenvalue weighted by Gasteiger charge is -2.45. The van der Waals surface area contributed by atoms with Gasteiger partial charge in [-0.05, 0) is 89.8 Å². The average molecular weight is 689 g/mol. The molecule has 2 radical (unpaired) electrons. The van der Waals surface area contributed by atoms with Crippen molar-refractivity contribution in [2.45, 2.75) is 115 Å². The summed E-state index contributed by atoms with van der Waals surface area (Å²) in [5.41, 5.74) is 6.31. The molecule has 1 aliphatic rings. The summed E-state index contributed by atoms with van der Waals surface area (Å²) in [7, 11) is 8.30. The molecule has 9 atom stereocenters. The van der Waals surface area contributed by atoms with E-state index in [0.29, 0.717) is 44.6 Å². The molecule has 272 valence electrons. The van der Waals surface area contributed by atoms with Crippen molar-refractivity contribution in [2.24, 2.45) is 17.8 Å². The van der Waals surface area contributed by atoms with Crippen molar-refractivity contribution in [3.8, 4) is 23.8 Å². The van der Waals surface area contributed by atoms with Crippen molar-refractivity contribution in [3.05, 3.63) is 43.1 Å². The van der Waals surface area contributed by atoms with Gasteiger partial charge in [-0.1, -0.05) is 50.6 Å². The molecule has 4 N–H and O–H groups in total. The number of aryl methyl sites for hydroxylation is 1. The summed E-state index contributed by atoms with van der Waals surface area (Å²) < 4.78 is 20.0. The second kappa shape index (κ2) is 18.5. The van der Waals surface area contributed by atoms with Gasteiger partial charge >= 0.3 is 5.97 Å². The van der Waals surface area contributed by atoms with Crippen molar-refractivity contribution in [3.63, 3.8) is 0 Å². The molecule has 0 unspecified atom stereocenters. The molecule has 0 aliphatic carbocycles. The van der Waals surface area contributed by atoms with Crippen LogP contribution in [0, 0.1) is 30.3 Å². The number of hydrogen-bond acceptors (Lipinski definition) is 10. The Labute approximate surface area is 300 Å². The van der Waals surface area contributed by atoms with Crippen LogP contribution in [-0.4, -0.2) is 84.2 Å². The lowest BCUT2D eigenvalue weighted by Crippen LogP contribution is -2.65. The van der Waals surface area contributed by atoms with Crippen LogP contribution >= 0.6 is 0 Å². The van der Waals surface area contributed by atoms with E-state index in [1.165, 1.54) is 0 Å². The monoisotopic (exact) mass is 688 g/mol. The average Bonchev–Trinajstić information content (AvgIpc) is 3.58. The molecule has 50 heavy (non-hydrogen) atoms. The van der Waals surface area contributed by atoms with E-state index in [1.807, 2.05) is 62.0 Å². The molecular weight excluding hydrogens is 631 g/mol. The van der Waals surface area contributed by atoms with Gasteiger partial charge in [-0.25, -0.2) is 0 Å². The van der Waals surface area contributed by atoms with Gasteiger partial charge in [0.25, 0.3) is 0 Å². The molecule has 0 saturated carbocycles. The van der Waals surface area contributed by atoms with Crippen LogP contribution in [0.1, 0.15) is 73.6 Å². The minimum absolute atomic E-state index is 0.114. The Hall–Kier alpha value is -3.66. The fourth-order valence-electron chi connectivity index (χ4n) is 7.15. The van der Waals surface area contributed by atoms with Crippen LogP contribution in [0.25, 0.3) is 11.3 Å². The number of unbranched alkanes of at least 4 members (excludes halogenated alkanes) is 1. The van der Waals surface area contributed by atoms with Crippen molar-refractivity contribution < 1.29 is 23.8 Å². The molecule has 0 bridgehead atoms. The first-order valence-electron chi connectivity index (χ1n) is 17.8. The standard InChI is InChI=1S/C38H57BN6O5/c1-10-16-30-35(41-19-13-14-20-45-24-31(43-44-45)28-17-15-18-29(40)21-28)38(8,49-12-3)32(11-2)50-36(47)27(6)33(46)26(5)34(39)37(7,48-9)22-25(4)23-42-30/h3,10,15,17-18,21,24-27,30,32,34-35,41-42H,1,11,13-14,16,19-20,22-23,40H2,2,4-9H3/t25-,26+,27-,30-,32-,34-,35-,37-,38-/m1/s1. The molecule has 1 aromatic carbocycles. The molecule has 12 heteroatoms. The van der Waals surface area contributed by atoms with E-state index in [1.54, 1.807) is 21.0 Å². The van der Waals surface area contributed by atoms with E-state index in [0.717, 1.165) is 24.1 Å². The number of carbonyl (C=O) groups excluding carboxylic acids is 2. The molecule has 3 rings (SSSR count). The predicted molar refractivity (Wildman–Crippen MR) is 198 cm³/mol. The van der Waals surface area contributed by atoms with Gasteiger partial charge in [-0.3, -0.25) is 14.3 Å². The minimum Gasteiger partial charge on any atom is -0.457 e. The Balaban J connectivity index is 1.89. The summed E-state index contributed by atoms with van der Waals surface area (Å²) in [5.74, 6) is -3.16. The summed E-state index contributed by atoms with van der Waals surface area (Å²) in [6.45, 7) is 17.1. The zero-order chi connectivity index (χ0) is 37.1. The first-order chi connectivity index (χ1) is 23.7. The summed E-state index contributed by atoms with van der Waals surface area (Å²) in [4.78, 5) is 27.2. The summed E-state index contributed by atoms with van der Waals surface area (Å²) in [5, 5.41) is 16.1. The van der Waals surface area contributed by atoms with Crippen LogP contribution in [0.15, 0.2) is 43.1 Å². The van der Waals surface area contributed by atoms with Gasteiger partial charge in [-0.15, -0.1) is 11.7 Å². The molecule has 1 saturated heterocycles. The maximum absolute atomic E-state index is 13.6. The largest absolute Gasteiger partial charge is 0.457 e. The number of hydrogen-bond donors (Lipinski definition) is 3. The zero-order valence-corrected chi connectivity index (χ0v) is 31.0. The van der Waals surface area contributed by atoms with Gasteiger partial charge in [0.15, 0.2) is 5.60 Å². The fraction of sp³-hybridized carbons (Fsp3) is 0.632. The highest BCUT2D eigenvalue weighted by atomic mass is 16.6. The Morgan fingerprint density at radius 2 is 2.02 bits per heavy atom. The van der Waals surface area contributed by atoms with E-state index < -0.39 is 47.0 Å². The van der Waals surface area contributed by atoms with Gasteiger partial charge in [0.2, 0.25) is 0 Å². The van der Waals surface area contributed by atoms with Crippen molar-refractivity contribution in [1.29, 1.82) is 0 Å². The Morgan fingerprint density at radius 3 is 2.66 bits per heavy atom. The molecule has 11 nitrogen and oxygen atoms in total. The van der Waals surface area contributed by atoms with Crippen LogP contribution in [0.5, 0.6) is 0 Å². The molecule has 1 aliphatic heterocycles. The number of rotatable bonds is 12. The maximum atomic E-state index is 13.6. The van der Waals surface area contributed by atoms with Crippen molar-refractivity contribution in [2.75, 3.05) is 25.9 Å². The molecule has 1 fully saturated rings. The number of benzene rings is 1. The third kappa shape index (κ3) is 9.99. The van der Waals surface area contributed by atoms with Crippen LogP contribution in [0.3, 0.4) is 0 Å². The molecule has 0 spiro atoms. The normalized spacial score (nSPS) is 31.5. The van der Waals surface area contributed by atoms with Gasteiger partial charge in [0, 0.05) is 36.9 Å². The maximum Gasteiger partial charge on any atom is 0.316 e. The van der Waals surface area contributed by atoms with Crippen molar-refractivity contribution in [1.82, 2.24) is 25.6 Å². The number of anilines is 1. The molecular formula is C38H57BN6O5. The number of nitrogens with two attached hydrogens (primary N) is 1. The third-order valence-corrected chi connectivity index (χ3v) is 10.3. The number of nitrogens with one attached hydrogen (secondary N) is 2. The first-order valence-corrected chi connectivity index (χ1v) is 17.8. The number of ketones is 1. The highest BCUT2D eigenvalue weighted by Gasteiger charge is 2.49. The number of nitrogen functional groups attached to an aromatic ring is 1. The number of cyclic esters (lactones) is 1. The number of ether oxygens (including phenoxy) is 3. The first kappa shape index (κ1) is 40.8. The molecule has 0 amide bonds. The second-order valence-corrected chi connectivity index (χ2v) is 14.2. The van der Waals surface area contributed by atoms with E-state index in [9.17, 15) is 9.59 Å². The summed E-state index contributed by atoms with van der Waals surface area (Å²) in [6, 6.07) is 6.94. The van der Waals surface area contributed by atoms with Crippen LogP contribution in [0.2, 0.25) is 5.82 Å². The SMILES string of the molecule is [B][C@@H]1[C@@H](C)C(=O)[C@@H](C)C(=O)O[C@H](CC)[C@@](C)(OC#C)[C@H](NCCCCn2cc(-c3cccc(N)c3)nn2)[C@@H](CC=C)NC[C@H](C)C[C@@]1(C)OC. The molecule has 1 aromatic heterocycles.